The first kappa shape index (κ1) is 29.3. The highest BCUT2D eigenvalue weighted by Crippen LogP contribution is 2.28. The van der Waals surface area contributed by atoms with Gasteiger partial charge in [0.15, 0.2) is 11.5 Å². The van der Waals surface area contributed by atoms with E-state index in [4.69, 9.17) is 18.6 Å². The molecule has 0 N–H and O–H groups in total. The molecule has 0 aliphatic rings. The fraction of sp³-hybridized carbons (Fsp3) is 0.379. The molecule has 0 fully saturated rings. The van der Waals surface area contributed by atoms with Crippen LogP contribution in [0.25, 0.3) is 0 Å². The Morgan fingerprint density at radius 3 is 2.37 bits per heavy atom. The van der Waals surface area contributed by atoms with Crippen LogP contribution in [0.4, 0.5) is 0 Å². The number of carbonyl (C=O) groups is 2. The number of furan rings is 1. The van der Waals surface area contributed by atoms with Gasteiger partial charge >= 0.3 is 0 Å². The van der Waals surface area contributed by atoms with Crippen LogP contribution >= 0.6 is 15.9 Å². The Balaban J connectivity index is 1.79. The molecule has 0 atom stereocenters. The molecule has 0 aliphatic carbocycles. The van der Waals surface area contributed by atoms with E-state index in [0.717, 1.165) is 15.8 Å². The standard InChI is InChI=1S/C29H35BrN2O6/c1-21-9-11-25(38-21)19-31(15-13-22-10-12-26(36-3)27(17-22)37-4)28(33)20-32(14-6-16-35-2)29(34)23-7-5-8-24(30)18-23/h5,7-12,17-18H,6,13-16,19-20H2,1-4H3. The predicted octanol–water partition coefficient (Wildman–Crippen LogP) is 5.12. The summed E-state index contributed by atoms with van der Waals surface area (Å²) in [7, 11) is 4.81. The zero-order valence-corrected chi connectivity index (χ0v) is 24.0. The predicted molar refractivity (Wildman–Crippen MR) is 149 cm³/mol. The van der Waals surface area contributed by atoms with E-state index >= 15 is 0 Å². The smallest absolute Gasteiger partial charge is 0.254 e. The lowest BCUT2D eigenvalue weighted by Crippen LogP contribution is -2.44. The number of halogens is 1. The minimum atomic E-state index is -0.204. The van der Waals surface area contributed by atoms with E-state index in [1.54, 1.807) is 49.3 Å². The summed E-state index contributed by atoms with van der Waals surface area (Å²) in [6.07, 6.45) is 1.21. The lowest BCUT2D eigenvalue weighted by Gasteiger charge is -2.27. The molecule has 8 nitrogen and oxygen atoms in total. The lowest BCUT2D eigenvalue weighted by molar-refractivity contribution is -0.132. The number of rotatable bonds is 14. The van der Waals surface area contributed by atoms with Gasteiger partial charge in [0.1, 0.15) is 18.1 Å². The fourth-order valence-electron chi connectivity index (χ4n) is 4.07. The third-order valence-electron chi connectivity index (χ3n) is 6.08. The Morgan fingerprint density at radius 1 is 0.921 bits per heavy atom. The molecule has 204 valence electrons. The number of methoxy groups -OCH3 is 3. The summed E-state index contributed by atoms with van der Waals surface area (Å²) in [6.45, 7) is 3.44. The normalized spacial score (nSPS) is 10.8. The first-order valence-corrected chi connectivity index (χ1v) is 13.2. The van der Waals surface area contributed by atoms with Crippen molar-refractivity contribution in [3.05, 3.63) is 81.7 Å². The number of hydrogen-bond donors (Lipinski definition) is 0. The maximum atomic E-state index is 13.7. The van der Waals surface area contributed by atoms with Gasteiger partial charge in [0.25, 0.3) is 5.91 Å². The number of carbonyl (C=O) groups excluding carboxylic acids is 2. The molecular weight excluding hydrogens is 552 g/mol. The molecule has 0 saturated heterocycles. The van der Waals surface area contributed by atoms with Gasteiger partial charge in [-0.1, -0.05) is 28.1 Å². The number of nitrogens with zero attached hydrogens (tertiary/aromatic N) is 2. The van der Waals surface area contributed by atoms with Crippen LogP contribution in [0.2, 0.25) is 0 Å². The monoisotopic (exact) mass is 586 g/mol. The van der Waals surface area contributed by atoms with Gasteiger partial charge in [-0.15, -0.1) is 0 Å². The van der Waals surface area contributed by atoms with Crippen molar-refractivity contribution in [3.63, 3.8) is 0 Å². The van der Waals surface area contributed by atoms with E-state index in [2.05, 4.69) is 15.9 Å². The maximum absolute atomic E-state index is 13.7. The van der Waals surface area contributed by atoms with Crippen LogP contribution in [0.3, 0.4) is 0 Å². The average Bonchev–Trinajstić information content (AvgIpc) is 3.34. The van der Waals surface area contributed by atoms with Gasteiger partial charge in [0.2, 0.25) is 5.91 Å². The SMILES string of the molecule is COCCCN(CC(=O)N(CCc1ccc(OC)c(OC)c1)Cc1ccc(C)o1)C(=O)c1cccc(Br)c1. The second kappa shape index (κ2) is 14.6. The van der Waals surface area contributed by atoms with Crippen LogP contribution < -0.4 is 9.47 Å². The molecule has 1 heterocycles. The van der Waals surface area contributed by atoms with Crippen molar-refractivity contribution in [2.24, 2.45) is 0 Å². The van der Waals surface area contributed by atoms with Crippen LogP contribution in [0.15, 0.2) is 63.5 Å². The minimum absolute atomic E-state index is 0.0549. The largest absolute Gasteiger partial charge is 0.493 e. The van der Waals surface area contributed by atoms with Crippen LogP contribution in [-0.2, 0) is 22.5 Å². The van der Waals surface area contributed by atoms with Gasteiger partial charge in [-0.25, -0.2) is 0 Å². The van der Waals surface area contributed by atoms with Crippen LogP contribution in [0.1, 0.15) is 33.9 Å². The van der Waals surface area contributed by atoms with Gasteiger partial charge in [0, 0.05) is 36.8 Å². The van der Waals surface area contributed by atoms with Crippen molar-refractivity contribution in [2.75, 3.05) is 47.6 Å². The number of amides is 2. The topological polar surface area (TPSA) is 81.5 Å². The number of ether oxygens (including phenoxy) is 3. The molecule has 3 aromatic rings. The summed E-state index contributed by atoms with van der Waals surface area (Å²) < 4.78 is 22.5. The molecule has 3 rings (SSSR count). The Morgan fingerprint density at radius 2 is 1.71 bits per heavy atom. The average molecular weight is 588 g/mol. The number of benzene rings is 2. The lowest BCUT2D eigenvalue weighted by atomic mass is 10.1. The quantitative estimate of drug-likeness (QED) is 0.244. The summed E-state index contributed by atoms with van der Waals surface area (Å²) in [5.74, 6) is 2.37. The zero-order chi connectivity index (χ0) is 27.5. The first-order valence-electron chi connectivity index (χ1n) is 12.4. The molecule has 0 spiro atoms. The Hall–Kier alpha value is -3.30. The first-order chi connectivity index (χ1) is 18.3. The van der Waals surface area contributed by atoms with Crippen molar-refractivity contribution in [3.8, 4) is 11.5 Å². The highest BCUT2D eigenvalue weighted by Gasteiger charge is 2.23. The van der Waals surface area contributed by atoms with Crippen LogP contribution in [0.5, 0.6) is 11.5 Å². The van der Waals surface area contributed by atoms with E-state index in [1.807, 2.05) is 43.3 Å². The molecule has 0 aliphatic heterocycles. The summed E-state index contributed by atoms with van der Waals surface area (Å²) in [5.41, 5.74) is 1.52. The van der Waals surface area contributed by atoms with Crippen molar-refractivity contribution in [1.29, 1.82) is 0 Å². The molecule has 1 aromatic heterocycles. The highest BCUT2D eigenvalue weighted by molar-refractivity contribution is 9.10. The molecule has 0 radical (unpaired) electrons. The van der Waals surface area contributed by atoms with Crippen molar-refractivity contribution in [2.45, 2.75) is 26.3 Å². The summed E-state index contributed by atoms with van der Waals surface area (Å²) >= 11 is 3.43. The molecule has 0 saturated carbocycles. The molecule has 2 aromatic carbocycles. The third kappa shape index (κ3) is 8.36. The highest BCUT2D eigenvalue weighted by atomic mass is 79.9. The molecule has 2 amide bonds. The molecule has 9 heteroatoms. The summed E-state index contributed by atoms with van der Waals surface area (Å²) in [5, 5.41) is 0. The van der Waals surface area contributed by atoms with Crippen LogP contribution in [-0.4, -0.2) is 69.2 Å². The van der Waals surface area contributed by atoms with Crippen molar-refractivity contribution >= 4 is 27.7 Å². The van der Waals surface area contributed by atoms with Gasteiger partial charge in [-0.2, -0.15) is 0 Å². The van der Waals surface area contributed by atoms with Crippen molar-refractivity contribution < 1.29 is 28.2 Å². The zero-order valence-electron chi connectivity index (χ0n) is 22.4. The summed E-state index contributed by atoms with van der Waals surface area (Å²) in [4.78, 5) is 30.3. The third-order valence-corrected chi connectivity index (χ3v) is 6.57. The van der Waals surface area contributed by atoms with Gasteiger partial charge in [-0.05, 0) is 67.8 Å². The fourth-order valence-corrected chi connectivity index (χ4v) is 4.47. The second-order valence-electron chi connectivity index (χ2n) is 8.85. The van der Waals surface area contributed by atoms with E-state index in [0.29, 0.717) is 61.9 Å². The molecule has 0 unspecified atom stereocenters. The van der Waals surface area contributed by atoms with E-state index in [1.165, 1.54) is 0 Å². The maximum Gasteiger partial charge on any atom is 0.254 e. The van der Waals surface area contributed by atoms with Crippen molar-refractivity contribution in [1.82, 2.24) is 9.80 Å². The Labute approximate surface area is 232 Å². The molecule has 0 bridgehead atoms. The second-order valence-corrected chi connectivity index (χ2v) is 9.77. The molecular formula is C29H35BrN2O6. The summed E-state index contributed by atoms with van der Waals surface area (Å²) in [6, 6.07) is 16.6. The van der Waals surface area contributed by atoms with E-state index in [-0.39, 0.29) is 18.4 Å². The number of hydrogen-bond acceptors (Lipinski definition) is 6. The number of aryl methyl sites for hydroxylation is 1. The Kier molecular flexibility index (Phi) is 11.2. The van der Waals surface area contributed by atoms with Gasteiger partial charge in [-0.3, -0.25) is 9.59 Å². The van der Waals surface area contributed by atoms with Gasteiger partial charge < -0.3 is 28.4 Å². The van der Waals surface area contributed by atoms with E-state index in [9.17, 15) is 9.59 Å². The van der Waals surface area contributed by atoms with Crippen LogP contribution in [0, 0.1) is 6.92 Å². The van der Waals surface area contributed by atoms with E-state index < -0.39 is 0 Å². The Bertz CT molecular complexity index is 1210. The molecule has 38 heavy (non-hydrogen) atoms. The minimum Gasteiger partial charge on any atom is -0.493 e. The van der Waals surface area contributed by atoms with Gasteiger partial charge in [0.05, 0.1) is 20.8 Å².